The number of aromatic nitrogens is 3. The Balaban J connectivity index is 1.29. The fourth-order valence-corrected chi connectivity index (χ4v) is 5.53. The Hall–Kier alpha value is -4.27. The zero-order valence-corrected chi connectivity index (χ0v) is 22.4. The molecule has 2 aromatic carbocycles. The molecule has 2 atom stereocenters. The van der Waals surface area contributed by atoms with Crippen LogP contribution in [0, 0.1) is 0 Å². The van der Waals surface area contributed by atoms with Gasteiger partial charge in [-0.15, -0.1) is 0 Å². The standard InChI is InChI=1S/C30H25ClN6OS/c31-21-13-14-26(33-19-21)36-17-6-12-25(36)29-28(24-10-3-4-16-32-24)35-30(39)37(29)18-15-27(38)34-23-11-5-8-20-7-1-2-9-22(20)23/h1-14,16-17,19,28-29H,15,18H2,(H,34,38)(H,35,39)/t28-,29-/m1/s1. The molecule has 1 fully saturated rings. The summed E-state index contributed by atoms with van der Waals surface area (Å²) < 4.78 is 2.02. The zero-order valence-electron chi connectivity index (χ0n) is 20.9. The highest BCUT2D eigenvalue weighted by Gasteiger charge is 2.41. The minimum absolute atomic E-state index is 0.0797. The number of carbonyl (C=O) groups is 1. The number of anilines is 1. The van der Waals surface area contributed by atoms with Crippen molar-refractivity contribution in [3.8, 4) is 5.82 Å². The Bertz CT molecular complexity index is 1630. The van der Waals surface area contributed by atoms with Crippen LogP contribution < -0.4 is 10.6 Å². The first kappa shape index (κ1) is 25.0. The smallest absolute Gasteiger partial charge is 0.226 e. The van der Waals surface area contributed by atoms with E-state index in [1.54, 1.807) is 12.4 Å². The van der Waals surface area contributed by atoms with Gasteiger partial charge in [0.1, 0.15) is 5.82 Å². The van der Waals surface area contributed by atoms with Crippen LogP contribution in [0.25, 0.3) is 16.6 Å². The van der Waals surface area contributed by atoms with E-state index < -0.39 is 0 Å². The largest absolute Gasteiger partial charge is 0.352 e. The van der Waals surface area contributed by atoms with Gasteiger partial charge in [0, 0.05) is 48.3 Å². The SMILES string of the molecule is O=C(CCN1C(=S)N[C@H](c2ccccn2)[C@H]1c1cccn1-c1ccc(Cl)cn1)Nc1cccc2ccccc12. The Kier molecular flexibility index (Phi) is 6.96. The number of amides is 1. The van der Waals surface area contributed by atoms with E-state index in [9.17, 15) is 4.79 Å². The van der Waals surface area contributed by atoms with Gasteiger partial charge in [0.2, 0.25) is 5.91 Å². The summed E-state index contributed by atoms with van der Waals surface area (Å²) in [4.78, 5) is 24.3. The van der Waals surface area contributed by atoms with Gasteiger partial charge in [-0.1, -0.05) is 54.1 Å². The van der Waals surface area contributed by atoms with Crippen LogP contribution in [-0.2, 0) is 4.79 Å². The highest BCUT2D eigenvalue weighted by atomic mass is 35.5. The van der Waals surface area contributed by atoms with Crippen molar-refractivity contribution in [3.05, 3.63) is 120 Å². The first-order chi connectivity index (χ1) is 19.1. The summed E-state index contributed by atoms with van der Waals surface area (Å²) in [5, 5.41) is 9.77. The highest BCUT2D eigenvalue weighted by molar-refractivity contribution is 7.80. The fourth-order valence-electron chi connectivity index (χ4n) is 5.09. The summed E-state index contributed by atoms with van der Waals surface area (Å²) in [6, 6.07) is 27.1. The van der Waals surface area contributed by atoms with Gasteiger partial charge in [-0.05, 0) is 60.1 Å². The summed E-state index contributed by atoms with van der Waals surface area (Å²) >= 11 is 11.9. The summed E-state index contributed by atoms with van der Waals surface area (Å²) in [5.74, 6) is 0.662. The Labute approximate surface area is 236 Å². The molecule has 0 unspecified atom stereocenters. The maximum absolute atomic E-state index is 13.1. The number of nitrogens with zero attached hydrogens (tertiary/aromatic N) is 4. The molecule has 0 saturated carbocycles. The van der Waals surface area contributed by atoms with Crippen molar-refractivity contribution in [2.24, 2.45) is 0 Å². The average Bonchev–Trinajstić information content (AvgIpc) is 3.57. The molecule has 7 nitrogen and oxygen atoms in total. The molecule has 5 aromatic rings. The molecule has 1 saturated heterocycles. The van der Waals surface area contributed by atoms with E-state index in [2.05, 4.69) is 31.6 Å². The van der Waals surface area contributed by atoms with Crippen molar-refractivity contribution in [3.63, 3.8) is 0 Å². The van der Waals surface area contributed by atoms with Gasteiger partial charge in [-0.2, -0.15) is 0 Å². The van der Waals surface area contributed by atoms with Crippen LogP contribution >= 0.6 is 23.8 Å². The third-order valence-corrected chi connectivity index (χ3v) is 7.46. The molecule has 6 rings (SSSR count). The van der Waals surface area contributed by atoms with Gasteiger partial charge >= 0.3 is 0 Å². The molecular formula is C30H25ClN6OS. The molecular weight excluding hydrogens is 528 g/mol. The van der Waals surface area contributed by atoms with Crippen molar-refractivity contribution in [2.45, 2.75) is 18.5 Å². The van der Waals surface area contributed by atoms with E-state index in [0.717, 1.165) is 33.7 Å². The van der Waals surface area contributed by atoms with Crippen LogP contribution in [0.1, 0.15) is 29.9 Å². The predicted octanol–water partition coefficient (Wildman–Crippen LogP) is 6.08. The molecule has 2 N–H and O–H groups in total. The van der Waals surface area contributed by atoms with Crippen LogP contribution in [0.15, 0.2) is 104 Å². The number of fused-ring (bicyclic) bond motifs is 1. The van der Waals surface area contributed by atoms with Crippen LogP contribution in [0.5, 0.6) is 0 Å². The lowest BCUT2D eigenvalue weighted by molar-refractivity contribution is -0.116. The monoisotopic (exact) mass is 552 g/mol. The molecule has 9 heteroatoms. The molecule has 194 valence electrons. The Morgan fingerprint density at radius 3 is 2.64 bits per heavy atom. The van der Waals surface area contributed by atoms with Crippen molar-refractivity contribution in [2.75, 3.05) is 11.9 Å². The van der Waals surface area contributed by atoms with E-state index in [1.807, 2.05) is 89.6 Å². The molecule has 1 amide bonds. The van der Waals surface area contributed by atoms with E-state index >= 15 is 0 Å². The first-order valence-corrected chi connectivity index (χ1v) is 13.4. The molecule has 0 spiro atoms. The van der Waals surface area contributed by atoms with Crippen LogP contribution in [0.4, 0.5) is 5.69 Å². The maximum atomic E-state index is 13.1. The summed E-state index contributed by atoms with van der Waals surface area (Å²) in [5.41, 5.74) is 2.64. The van der Waals surface area contributed by atoms with Gasteiger partial charge in [0.15, 0.2) is 5.11 Å². The van der Waals surface area contributed by atoms with E-state index in [0.29, 0.717) is 16.7 Å². The quantitative estimate of drug-likeness (QED) is 0.239. The Morgan fingerprint density at radius 2 is 1.82 bits per heavy atom. The minimum atomic E-state index is -0.217. The van der Waals surface area contributed by atoms with Gasteiger partial charge in [0.05, 0.1) is 22.8 Å². The van der Waals surface area contributed by atoms with E-state index in [1.165, 1.54) is 0 Å². The topological polar surface area (TPSA) is 75.1 Å². The molecule has 0 radical (unpaired) electrons. The predicted molar refractivity (Wildman–Crippen MR) is 158 cm³/mol. The number of nitrogens with one attached hydrogen (secondary N) is 2. The van der Waals surface area contributed by atoms with E-state index in [-0.39, 0.29) is 24.4 Å². The lowest BCUT2D eigenvalue weighted by Gasteiger charge is -2.28. The van der Waals surface area contributed by atoms with Gasteiger partial charge < -0.3 is 20.1 Å². The summed E-state index contributed by atoms with van der Waals surface area (Å²) in [7, 11) is 0. The number of hydrogen-bond donors (Lipinski definition) is 2. The van der Waals surface area contributed by atoms with E-state index in [4.69, 9.17) is 23.8 Å². The molecule has 39 heavy (non-hydrogen) atoms. The molecule has 1 aliphatic heterocycles. The zero-order chi connectivity index (χ0) is 26.8. The number of halogens is 1. The molecule has 4 heterocycles. The fraction of sp³-hybridized carbons (Fsp3) is 0.133. The number of hydrogen-bond acceptors (Lipinski definition) is 4. The van der Waals surface area contributed by atoms with Gasteiger partial charge in [-0.3, -0.25) is 9.78 Å². The maximum Gasteiger partial charge on any atom is 0.226 e. The minimum Gasteiger partial charge on any atom is -0.352 e. The number of rotatable bonds is 7. The van der Waals surface area contributed by atoms with Gasteiger partial charge in [0.25, 0.3) is 0 Å². The summed E-state index contributed by atoms with van der Waals surface area (Å²) in [6.45, 7) is 0.426. The van der Waals surface area contributed by atoms with Crippen molar-refractivity contribution in [1.82, 2.24) is 24.8 Å². The second-order valence-corrected chi connectivity index (χ2v) is 10.1. The van der Waals surface area contributed by atoms with Crippen LogP contribution in [0.3, 0.4) is 0 Å². The highest BCUT2D eigenvalue weighted by Crippen LogP contribution is 2.39. The average molecular weight is 553 g/mol. The normalized spacial score (nSPS) is 16.8. The van der Waals surface area contributed by atoms with Crippen molar-refractivity contribution < 1.29 is 4.79 Å². The van der Waals surface area contributed by atoms with Crippen molar-refractivity contribution in [1.29, 1.82) is 0 Å². The molecule has 1 aliphatic rings. The van der Waals surface area contributed by atoms with Crippen molar-refractivity contribution >= 4 is 51.3 Å². The molecule has 3 aromatic heterocycles. The number of thiocarbonyl (C=S) groups is 1. The number of carbonyl (C=O) groups excluding carboxylic acids is 1. The number of pyridine rings is 2. The third-order valence-electron chi connectivity index (χ3n) is 6.88. The lowest BCUT2D eigenvalue weighted by Crippen LogP contribution is -2.33. The molecule has 0 bridgehead atoms. The molecule has 0 aliphatic carbocycles. The van der Waals surface area contributed by atoms with Crippen LogP contribution in [0.2, 0.25) is 5.02 Å². The second-order valence-electron chi connectivity index (χ2n) is 9.28. The second kappa shape index (κ2) is 10.8. The third kappa shape index (κ3) is 5.08. The first-order valence-electron chi connectivity index (χ1n) is 12.6. The lowest BCUT2D eigenvalue weighted by atomic mass is 10.0. The van der Waals surface area contributed by atoms with Crippen LogP contribution in [-0.4, -0.2) is 37.0 Å². The number of benzene rings is 2. The van der Waals surface area contributed by atoms with Gasteiger partial charge in [-0.25, -0.2) is 4.98 Å². The Morgan fingerprint density at radius 1 is 0.974 bits per heavy atom. The summed E-state index contributed by atoms with van der Waals surface area (Å²) in [6.07, 6.45) is 5.63.